The first-order chi connectivity index (χ1) is 19.4. The first-order valence-electron chi connectivity index (χ1n) is 13.4. The Labute approximate surface area is 233 Å². The Bertz CT molecular complexity index is 1790. The summed E-state index contributed by atoms with van der Waals surface area (Å²) in [5, 5.41) is 6.91. The molecule has 0 bridgehead atoms. The number of carbonyl (C=O) groups is 1. The SMILES string of the molecule is Cc1cc(C)c2c(c1C)Oc1cc(Nc3ccc(Nc4ccccc4)cc3)ccc1C21OC(=O)c2ccccc21. The van der Waals surface area contributed by atoms with E-state index in [0.717, 1.165) is 61.9 Å². The zero-order chi connectivity index (χ0) is 27.4. The summed E-state index contributed by atoms with van der Waals surface area (Å²) < 4.78 is 13.0. The third kappa shape index (κ3) is 3.66. The first kappa shape index (κ1) is 24.0. The van der Waals surface area contributed by atoms with E-state index in [1.807, 2.05) is 97.1 Å². The van der Waals surface area contributed by atoms with Crippen LogP contribution < -0.4 is 15.4 Å². The van der Waals surface area contributed by atoms with Gasteiger partial charge in [0.05, 0.1) is 11.1 Å². The van der Waals surface area contributed by atoms with Gasteiger partial charge in [0, 0.05) is 39.9 Å². The average Bonchev–Trinajstić information content (AvgIpc) is 3.25. The van der Waals surface area contributed by atoms with Crippen molar-refractivity contribution in [3.05, 3.63) is 142 Å². The highest BCUT2D eigenvalue weighted by Crippen LogP contribution is 2.58. The molecule has 5 heteroatoms. The van der Waals surface area contributed by atoms with Gasteiger partial charge in [0.2, 0.25) is 0 Å². The van der Waals surface area contributed by atoms with Crippen LogP contribution in [0.1, 0.15) is 43.7 Å². The van der Waals surface area contributed by atoms with Gasteiger partial charge in [-0.15, -0.1) is 0 Å². The molecule has 5 nitrogen and oxygen atoms in total. The molecular formula is C35H28N2O3. The van der Waals surface area contributed by atoms with Crippen LogP contribution in [0.3, 0.4) is 0 Å². The molecule has 0 radical (unpaired) electrons. The Morgan fingerprint density at radius 3 is 2.00 bits per heavy atom. The molecule has 5 aromatic carbocycles. The number of ether oxygens (including phenoxy) is 2. The summed E-state index contributed by atoms with van der Waals surface area (Å²) in [6, 6.07) is 34.1. The summed E-state index contributed by atoms with van der Waals surface area (Å²) in [6.45, 7) is 6.20. The highest BCUT2D eigenvalue weighted by Gasteiger charge is 2.54. The van der Waals surface area contributed by atoms with Gasteiger partial charge >= 0.3 is 5.97 Å². The number of anilines is 4. The number of carbonyl (C=O) groups excluding carboxylic acids is 1. The van der Waals surface area contributed by atoms with E-state index in [4.69, 9.17) is 9.47 Å². The molecule has 7 rings (SSSR count). The maximum Gasteiger partial charge on any atom is 0.340 e. The second kappa shape index (κ2) is 9.02. The average molecular weight is 525 g/mol. The molecule has 1 unspecified atom stereocenters. The molecule has 0 amide bonds. The van der Waals surface area contributed by atoms with E-state index in [0.29, 0.717) is 11.3 Å². The molecule has 1 atom stereocenters. The molecule has 0 saturated carbocycles. The lowest BCUT2D eigenvalue weighted by Gasteiger charge is -2.38. The molecule has 2 aliphatic heterocycles. The Morgan fingerprint density at radius 2 is 1.25 bits per heavy atom. The van der Waals surface area contributed by atoms with E-state index < -0.39 is 5.60 Å². The summed E-state index contributed by atoms with van der Waals surface area (Å²) in [7, 11) is 0. The monoisotopic (exact) mass is 524 g/mol. The Balaban J connectivity index is 1.29. The minimum absolute atomic E-state index is 0.321. The minimum Gasteiger partial charge on any atom is -0.456 e. The highest BCUT2D eigenvalue weighted by molar-refractivity contribution is 5.97. The summed E-state index contributed by atoms with van der Waals surface area (Å²) in [5.74, 6) is 1.10. The fourth-order valence-electron chi connectivity index (χ4n) is 5.93. The molecule has 0 saturated heterocycles. The third-order valence-electron chi connectivity index (χ3n) is 7.92. The van der Waals surface area contributed by atoms with Crippen LogP contribution in [0.2, 0.25) is 0 Å². The van der Waals surface area contributed by atoms with Gasteiger partial charge in [0.1, 0.15) is 11.5 Å². The first-order valence-corrected chi connectivity index (χ1v) is 13.4. The van der Waals surface area contributed by atoms with Crippen LogP contribution in [-0.2, 0) is 10.3 Å². The summed E-state index contributed by atoms with van der Waals surface area (Å²) in [5.41, 5.74) is 9.14. The molecule has 0 aromatic heterocycles. The van der Waals surface area contributed by atoms with E-state index >= 15 is 0 Å². The van der Waals surface area contributed by atoms with E-state index in [9.17, 15) is 4.79 Å². The van der Waals surface area contributed by atoms with Crippen LogP contribution in [-0.4, -0.2) is 5.97 Å². The summed E-state index contributed by atoms with van der Waals surface area (Å²) >= 11 is 0. The van der Waals surface area contributed by atoms with E-state index in [-0.39, 0.29) is 5.97 Å². The summed E-state index contributed by atoms with van der Waals surface area (Å²) in [6.07, 6.45) is 0. The molecule has 2 aliphatic rings. The van der Waals surface area contributed by atoms with Crippen molar-refractivity contribution in [2.45, 2.75) is 26.4 Å². The van der Waals surface area contributed by atoms with Crippen molar-refractivity contribution < 1.29 is 14.3 Å². The zero-order valence-corrected chi connectivity index (χ0v) is 22.5. The van der Waals surface area contributed by atoms with Crippen molar-refractivity contribution in [3.8, 4) is 11.5 Å². The number of esters is 1. The van der Waals surface area contributed by atoms with Crippen molar-refractivity contribution in [1.82, 2.24) is 0 Å². The van der Waals surface area contributed by atoms with Gasteiger partial charge in [-0.25, -0.2) is 4.79 Å². The van der Waals surface area contributed by atoms with Gasteiger partial charge in [-0.3, -0.25) is 0 Å². The molecule has 1 spiro atoms. The van der Waals surface area contributed by atoms with Crippen LogP contribution in [0.4, 0.5) is 22.7 Å². The molecule has 0 aliphatic carbocycles. The fraction of sp³-hybridized carbons (Fsp3) is 0.114. The maximum absolute atomic E-state index is 13.2. The second-order valence-corrected chi connectivity index (χ2v) is 10.5. The van der Waals surface area contributed by atoms with Crippen molar-refractivity contribution in [2.24, 2.45) is 0 Å². The number of nitrogens with one attached hydrogen (secondary N) is 2. The molecule has 196 valence electrons. The van der Waals surface area contributed by atoms with Crippen molar-refractivity contribution in [1.29, 1.82) is 0 Å². The Hall–Kier alpha value is -5.03. The van der Waals surface area contributed by atoms with Gasteiger partial charge in [0.25, 0.3) is 0 Å². The maximum atomic E-state index is 13.2. The second-order valence-electron chi connectivity index (χ2n) is 10.5. The van der Waals surface area contributed by atoms with Crippen LogP contribution in [0.5, 0.6) is 11.5 Å². The lowest BCUT2D eigenvalue weighted by Crippen LogP contribution is -2.34. The number of rotatable bonds is 4. The number of hydrogen-bond donors (Lipinski definition) is 2. The van der Waals surface area contributed by atoms with Crippen molar-refractivity contribution >= 4 is 28.7 Å². The zero-order valence-electron chi connectivity index (χ0n) is 22.5. The van der Waals surface area contributed by atoms with Gasteiger partial charge in [-0.1, -0.05) is 42.5 Å². The Morgan fingerprint density at radius 1 is 0.625 bits per heavy atom. The van der Waals surface area contributed by atoms with Gasteiger partial charge in [-0.2, -0.15) is 0 Å². The van der Waals surface area contributed by atoms with Crippen molar-refractivity contribution in [2.75, 3.05) is 10.6 Å². The molecule has 0 fully saturated rings. The standard InChI is InChI=1S/C35H28N2O3/c1-21-19-22(2)32-33(23(21)3)39-31-20-27(37-26-15-13-25(14-16-26)36-24-9-5-4-6-10-24)17-18-30(31)35(32)29-12-8-7-11-28(29)34(38)40-35/h4-20,36-37H,1-3H3. The molecule has 40 heavy (non-hydrogen) atoms. The number of benzene rings is 5. The number of fused-ring (bicyclic) bond motifs is 6. The van der Waals surface area contributed by atoms with Gasteiger partial charge in [0.15, 0.2) is 5.60 Å². The lowest BCUT2D eigenvalue weighted by molar-refractivity contribution is 0.0222. The van der Waals surface area contributed by atoms with Gasteiger partial charge in [-0.05, 0) is 92.1 Å². The smallest absolute Gasteiger partial charge is 0.340 e. The number of hydrogen-bond acceptors (Lipinski definition) is 5. The quantitative estimate of drug-likeness (QED) is 0.230. The topological polar surface area (TPSA) is 59.6 Å². The van der Waals surface area contributed by atoms with E-state index in [2.05, 4.69) is 37.5 Å². The predicted octanol–water partition coefficient (Wildman–Crippen LogP) is 8.67. The van der Waals surface area contributed by atoms with E-state index in [1.54, 1.807) is 0 Å². The predicted molar refractivity (Wildman–Crippen MR) is 158 cm³/mol. The lowest BCUT2D eigenvalue weighted by atomic mass is 9.75. The van der Waals surface area contributed by atoms with Crippen molar-refractivity contribution in [3.63, 3.8) is 0 Å². The van der Waals surface area contributed by atoms with E-state index in [1.165, 1.54) is 0 Å². The minimum atomic E-state index is -1.07. The highest BCUT2D eigenvalue weighted by atomic mass is 16.6. The molecule has 5 aromatic rings. The van der Waals surface area contributed by atoms with Crippen LogP contribution in [0.25, 0.3) is 0 Å². The van der Waals surface area contributed by atoms with Crippen LogP contribution >= 0.6 is 0 Å². The summed E-state index contributed by atoms with van der Waals surface area (Å²) in [4.78, 5) is 13.2. The number of para-hydroxylation sites is 1. The largest absolute Gasteiger partial charge is 0.456 e. The Kier molecular flexibility index (Phi) is 5.42. The van der Waals surface area contributed by atoms with Crippen LogP contribution in [0.15, 0.2) is 103 Å². The third-order valence-corrected chi connectivity index (χ3v) is 7.92. The molecule has 2 N–H and O–H groups in total. The normalized spacial score (nSPS) is 16.4. The van der Waals surface area contributed by atoms with Crippen LogP contribution in [0, 0.1) is 20.8 Å². The molecular weight excluding hydrogens is 496 g/mol. The number of aryl methyl sites for hydroxylation is 2. The molecule has 2 heterocycles. The fourth-order valence-corrected chi connectivity index (χ4v) is 5.93. The van der Waals surface area contributed by atoms with Gasteiger partial charge < -0.3 is 20.1 Å².